The van der Waals surface area contributed by atoms with Gasteiger partial charge in [-0.15, -0.1) is 38.3 Å². The molecule has 2 radical (unpaired) electrons. The molecule has 8 rings (SSSR count). The van der Waals surface area contributed by atoms with Crippen molar-refractivity contribution in [1.29, 1.82) is 0 Å². The molecule has 9 atom stereocenters. The molecule has 28 nitrogen and oxygen atoms in total. The summed E-state index contributed by atoms with van der Waals surface area (Å²) in [6, 6.07) is 11.4. The third-order valence-electron chi connectivity index (χ3n) is 14.3. The van der Waals surface area contributed by atoms with Gasteiger partial charge in [-0.05, 0) is 49.9 Å². The standard InChI is InChI=1S/C10H18N2.C10H14N2.2C9H18O4.2C9H12O4.2H2NO3.2Tb/c2*1-3-7-11-9(5-1)10-6-2-4-8-12-10;4*1-12-7-5-3-4-6(9(10)11)8(7)13-2;2*2-1(3)4;;/h9-10H,1-8H2;1,3,5,10H,2,4,6-8H2;2*6-11H,3-5H2,1-2H3;2*3-5,9-11H,1-2H3;2*(H2,2,3,4);;/q2*-2;;;;;2*+1;;. The van der Waals surface area contributed by atoms with Gasteiger partial charge in [-0.1, -0.05) is 94.9 Å². The number of rotatable bonds is 14. The van der Waals surface area contributed by atoms with E-state index >= 15 is 0 Å². The fraction of sp³-hybridized carbons (Fsp3) is 0.714. The summed E-state index contributed by atoms with van der Waals surface area (Å²) in [6.45, 7) is 4.06. The van der Waals surface area contributed by atoms with Crippen LogP contribution in [-0.2, 0) is 18.9 Å². The summed E-state index contributed by atoms with van der Waals surface area (Å²) in [6.07, 6.45) is 17.2. The van der Waals surface area contributed by atoms with Crippen molar-refractivity contribution in [2.45, 2.75) is 164 Å². The van der Waals surface area contributed by atoms with E-state index in [1.54, 1.807) is 64.8 Å². The molecule has 0 spiro atoms. The van der Waals surface area contributed by atoms with E-state index in [0.717, 1.165) is 64.7 Å². The van der Waals surface area contributed by atoms with E-state index in [-0.39, 0.29) is 113 Å². The van der Waals surface area contributed by atoms with Crippen molar-refractivity contribution in [1.82, 2.24) is 0 Å². The van der Waals surface area contributed by atoms with Crippen molar-refractivity contribution in [3.05, 3.63) is 103 Å². The molecule has 86 heavy (non-hydrogen) atoms. The molecule has 2 aromatic rings. The number of nitrogens with zero attached hydrogens (tertiary/aromatic N) is 6. The summed E-state index contributed by atoms with van der Waals surface area (Å²) >= 11 is 0. The van der Waals surface area contributed by atoms with Crippen LogP contribution in [-0.4, -0.2) is 210 Å². The second kappa shape index (κ2) is 51.0. The molecule has 4 aliphatic heterocycles. The Balaban J connectivity index is 0. The third kappa shape index (κ3) is 33.4. The Hall–Kier alpha value is -2.71. The van der Waals surface area contributed by atoms with Gasteiger partial charge in [0.05, 0.1) is 64.0 Å². The van der Waals surface area contributed by atoms with Crippen molar-refractivity contribution in [3.8, 4) is 23.0 Å². The molecule has 502 valence electrons. The largest absolute Gasteiger partial charge is 0.686 e. The van der Waals surface area contributed by atoms with Crippen molar-refractivity contribution in [2.24, 2.45) is 11.8 Å². The number of hydrogen-bond acceptors (Lipinski definition) is 18. The summed E-state index contributed by atoms with van der Waals surface area (Å²) < 4.78 is 40.8. The van der Waals surface area contributed by atoms with Crippen molar-refractivity contribution >= 4 is 0 Å². The minimum atomic E-state index is -1.55. The number of methoxy groups -OCH3 is 8. The number of para-hydroxylation sites is 2. The predicted molar refractivity (Wildman–Crippen MR) is 305 cm³/mol. The van der Waals surface area contributed by atoms with Crippen LogP contribution in [0.5, 0.6) is 23.0 Å². The number of aliphatic hydroxyl groups is 8. The number of ether oxygens (including phenoxy) is 8. The summed E-state index contributed by atoms with van der Waals surface area (Å²) in [7, 11) is 12.3. The Kier molecular flexibility index (Phi) is 50.6. The first kappa shape index (κ1) is 85.4. The Morgan fingerprint density at radius 1 is 0.477 bits per heavy atom. The number of piperidine rings is 3. The van der Waals surface area contributed by atoms with Crippen LogP contribution in [0.4, 0.5) is 0 Å². The van der Waals surface area contributed by atoms with Crippen LogP contribution in [0.1, 0.15) is 120 Å². The van der Waals surface area contributed by atoms with Gasteiger partial charge in [-0.3, -0.25) is 0 Å². The summed E-state index contributed by atoms with van der Waals surface area (Å²) in [5, 5.41) is 116. The van der Waals surface area contributed by atoms with Crippen LogP contribution in [0.15, 0.2) is 60.3 Å². The van der Waals surface area contributed by atoms with Gasteiger partial charge in [-0.25, -0.2) is 20.8 Å². The van der Waals surface area contributed by atoms with Gasteiger partial charge < -0.3 is 100 Å². The first-order chi connectivity index (χ1) is 40.2. The molecule has 12 N–H and O–H groups in total. The fourth-order valence-electron chi connectivity index (χ4n) is 10.3. The van der Waals surface area contributed by atoms with Gasteiger partial charge in [0, 0.05) is 117 Å². The van der Waals surface area contributed by atoms with Crippen molar-refractivity contribution in [3.63, 3.8) is 0 Å². The molecule has 30 heteroatoms. The average Bonchev–Trinajstić information content (AvgIpc) is 3.71. The quantitative estimate of drug-likeness (QED) is 0.0729. The first-order valence-electron chi connectivity index (χ1n) is 27.9. The molecule has 2 aromatic carbocycles. The van der Waals surface area contributed by atoms with Crippen LogP contribution < -0.4 is 18.9 Å². The molecular weight excluding hydrogens is 1430 g/mol. The van der Waals surface area contributed by atoms with Crippen molar-refractivity contribution in [2.75, 3.05) is 83.1 Å². The van der Waals surface area contributed by atoms with Gasteiger partial charge >= 0.3 is 10.2 Å². The fourth-order valence-corrected chi connectivity index (χ4v) is 10.3. The first-order valence-corrected chi connectivity index (χ1v) is 27.9. The Labute approximate surface area is 566 Å². The SMILES string of the molecule is C1=CC[N-]C(C2CCCC[N-]2)=C1.C1CCC(C2CCCC[N-]2)[N-]C1.COC1CCCC(C(O)O)C1OC.COC1CCCC(C(O)O)C1OC.COc1cccc(C(O)O)c1OC.COc1cccc(C(O)O)c1OC.O=[N+](O)O.O=[N+](O)O.[Tb].[Tb]. The average molecular weight is 1520 g/mol. The zero-order valence-electron chi connectivity index (χ0n) is 50.4. The van der Waals surface area contributed by atoms with Crippen molar-refractivity contribution < 1.29 is 187 Å². The van der Waals surface area contributed by atoms with E-state index in [9.17, 15) is 0 Å². The molecule has 3 saturated heterocycles. The zero-order chi connectivity index (χ0) is 63.0. The number of hydrogen-bond donors (Lipinski definition) is 12. The van der Waals surface area contributed by atoms with E-state index in [0.29, 0.717) is 52.3 Å². The predicted octanol–water partition coefficient (Wildman–Crippen LogP) is 6.29. The normalized spacial score (nSPS) is 23.7. The van der Waals surface area contributed by atoms with Crippen LogP contribution in [0.3, 0.4) is 0 Å². The number of benzene rings is 2. The van der Waals surface area contributed by atoms with Gasteiger partial charge in [0.1, 0.15) is 9.81 Å². The summed E-state index contributed by atoms with van der Waals surface area (Å²) in [5.41, 5.74) is 1.78. The minimum absolute atomic E-state index is 0. The second-order valence-electron chi connectivity index (χ2n) is 19.6. The maximum atomic E-state index is 9.11. The second-order valence-corrected chi connectivity index (χ2v) is 19.6. The van der Waals surface area contributed by atoms with Gasteiger partial charge in [-0.2, -0.15) is 17.8 Å². The molecule has 6 aliphatic rings. The molecule has 2 aliphatic carbocycles. The maximum Gasteiger partial charge on any atom is 0.472 e. The van der Waals surface area contributed by atoms with E-state index in [1.165, 1.54) is 91.9 Å². The smallest absolute Gasteiger partial charge is 0.472 e. The van der Waals surface area contributed by atoms with Crippen LogP contribution >= 0.6 is 0 Å². The summed E-state index contributed by atoms with van der Waals surface area (Å²) in [4.78, 5) is 16.9. The van der Waals surface area contributed by atoms with Gasteiger partial charge in [0.25, 0.3) is 0 Å². The van der Waals surface area contributed by atoms with Crippen LogP contribution in [0.25, 0.3) is 21.3 Å². The van der Waals surface area contributed by atoms with Gasteiger partial charge in [0.2, 0.25) is 0 Å². The Morgan fingerprint density at radius 3 is 1.13 bits per heavy atom. The van der Waals surface area contributed by atoms with Crippen LogP contribution in [0, 0.1) is 98.9 Å². The molecule has 2 saturated carbocycles. The topological polar surface area (TPSA) is 413 Å². The van der Waals surface area contributed by atoms with Gasteiger partial charge in [0.15, 0.2) is 48.2 Å². The van der Waals surface area contributed by atoms with E-state index < -0.39 is 35.3 Å². The summed E-state index contributed by atoms with van der Waals surface area (Å²) in [5.74, 6) is 1.22. The maximum absolute atomic E-state index is 9.11. The third-order valence-corrected chi connectivity index (χ3v) is 14.3. The van der Waals surface area contributed by atoms with E-state index in [1.807, 2.05) is 0 Å². The number of allylic oxidation sites excluding steroid dienone is 2. The Morgan fingerprint density at radius 2 is 0.860 bits per heavy atom. The number of aliphatic hydroxyl groups excluding tert-OH is 4. The van der Waals surface area contributed by atoms with Crippen LogP contribution in [0.2, 0.25) is 0 Å². The molecule has 0 aromatic heterocycles. The molecule has 0 bridgehead atoms. The van der Waals surface area contributed by atoms with E-state index in [2.05, 4.69) is 39.5 Å². The van der Waals surface area contributed by atoms with E-state index in [4.69, 9.17) is 109 Å². The molecule has 5 fully saturated rings. The minimum Gasteiger partial charge on any atom is -0.686 e. The Bertz CT molecular complexity index is 1980. The molecule has 4 heterocycles. The molecule has 0 amide bonds. The molecular formula is C56H96N6O22Tb2-2. The monoisotopic (exact) mass is 1520 g/mol. The zero-order valence-corrected chi connectivity index (χ0v) is 54.7. The molecule has 9 unspecified atom stereocenters.